The zero-order valence-electron chi connectivity index (χ0n) is 9.89. The minimum atomic E-state index is 0.449. The maximum absolute atomic E-state index is 8.54. The minimum Gasteiger partial charge on any atom is -0.491 e. The van der Waals surface area contributed by atoms with Gasteiger partial charge in [-0.05, 0) is 36.5 Å². The second-order valence-corrected chi connectivity index (χ2v) is 4.35. The first-order chi connectivity index (χ1) is 8.38. The third-order valence-corrected chi connectivity index (χ3v) is 2.75. The van der Waals surface area contributed by atoms with Gasteiger partial charge in [0.15, 0.2) is 0 Å². The number of hydrogen-bond donors (Lipinski definition) is 0. The summed E-state index contributed by atoms with van der Waals surface area (Å²) in [6.45, 7) is 2.12. The molecule has 0 saturated heterocycles. The molecule has 1 fully saturated rings. The van der Waals surface area contributed by atoms with E-state index in [-0.39, 0.29) is 0 Å². The fourth-order valence-corrected chi connectivity index (χ4v) is 1.55. The number of rotatable bonds is 7. The molecule has 17 heavy (non-hydrogen) atoms. The summed E-state index contributed by atoms with van der Waals surface area (Å²) >= 11 is 0. The number of benzene rings is 1. The average Bonchev–Trinajstić information content (AvgIpc) is 3.15. The fourth-order valence-electron chi connectivity index (χ4n) is 1.55. The van der Waals surface area contributed by atoms with Gasteiger partial charge in [-0.15, -0.1) is 0 Å². The molecule has 3 nitrogen and oxygen atoms in total. The Labute approximate surface area is 102 Å². The molecular weight excluding hydrogens is 214 g/mol. The van der Waals surface area contributed by atoms with Gasteiger partial charge in [0.25, 0.3) is 0 Å². The van der Waals surface area contributed by atoms with E-state index in [0.29, 0.717) is 19.6 Å². The van der Waals surface area contributed by atoms with E-state index in [1.54, 1.807) is 0 Å². The van der Waals surface area contributed by atoms with Crippen LogP contribution in [0.4, 0.5) is 0 Å². The summed E-state index contributed by atoms with van der Waals surface area (Å²) in [7, 11) is 0. The van der Waals surface area contributed by atoms with Crippen LogP contribution >= 0.6 is 0 Å². The van der Waals surface area contributed by atoms with E-state index in [9.17, 15) is 0 Å². The Morgan fingerprint density at radius 1 is 1.18 bits per heavy atom. The molecule has 0 N–H and O–H groups in total. The van der Waals surface area contributed by atoms with Crippen molar-refractivity contribution in [3.63, 3.8) is 0 Å². The molecule has 0 atom stereocenters. The highest BCUT2D eigenvalue weighted by Crippen LogP contribution is 2.28. The molecule has 1 saturated carbocycles. The van der Waals surface area contributed by atoms with E-state index in [0.717, 1.165) is 23.8 Å². The van der Waals surface area contributed by atoms with Gasteiger partial charge in [-0.3, -0.25) is 0 Å². The Morgan fingerprint density at radius 2 is 1.94 bits per heavy atom. The van der Waals surface area contributed by atoms with Crippen LogP contribution in [-0.4, -0.2) is 19.8 Å². The molecule has 90 valence electrons. The Morgan fingerprint density at radius 3 is 2.59 bits per heavy atom. The molecule has 1 aliphatic rings. The normalized spacial score (nSPS) is 14.3. The second-order valence-electron chi connectivity index (χ2n) is 4.35. The Kier molecular flexibility index (Phi) is 4.40. The Bertz CT molecular complexity index is 376. The second kappa shape index (κ2) is 6.27. The van der Waals surface area contributed by atoms with E-state index in [4.69, 9.17) is 14.7 Å². The molecule has 3 heteroatoms. The summed E-state index contributed by atoms with van der Waals surface area (Å²) < 4.78 is 11.0. The molecule has 1 aromatic carbocycles. The zero-order chi connectivity index (χ0) is 11.9. The van der Waals surface area contributed by atoms with Gasteiger partial charge in [-0.2, -0.15) is 5.26 Å². The first-order valence-corrected chi connectivity index (χ1v) is 6.05. The summed E-state index contributed by atoms with van der Waals surface area (Å²) in [4.78, 5) is 0. The van der Waals surface area contributed by atoms with E-state index in [1.165, 1.54) is 12.8 Å². The van der Waals surface area contributed by atoms with Crippen LogP contribution in [-0.2, 0) is 11.2 Å². The summed E-state index contributed by atoms with van der Waals surface area (Å²) in [5.41, 5.74) is 1.02. The molecule has 0 heterocycles. The maximum Gasteiger partial charge on any atom is 0.119 e. The van der Waals surface area contributed by atoms with Crippen LogP contribution in [0.15, 0.2) is 24.3 Å². The van der Waals surface area contributed by atoms with Crippen molar-refractivity contribution < 1.29 is 9.47 Å². The summed E-state index contributed by atoms with van der Waals surface area (Å²) in [5, 5.41) is 8.54. The van der Waals surface area contributed by atoms with Crippen LogP contribution in [0, 0.1) is 17.2 Å². The van der Waals surface area contributed by atoms with Gasteiger partial charge in [0, 0.05) is 6.61 Å². The van der Waals surface area contributed by atoms with Crippen LogP contribution in [0.2, 0.25) is 0 Å². The summed E-state index contributed by atoms with van der Waals surface area (Å²) in [6, 6.07) is 9.75. The molecular formula is C14H17NO2. The van der Waals surface area contributed by atoms with Crippen LogP contribution < -0.4 is 4.74 Å². The lowest BCUT2D eigenvalue weighted by molar-refractivity contribution is 0.0927. The monoisotopic (exact) mass is 231 g/mol. The SMILES string of the molecule is N#CCc1ccc(OCCOCC2CC2)cc1. The van der Waals surface area contributed by atoms with Crippen molar-refractivity contribution in [2.24, 2.45) is 5.92 Å². The highest BCUT2D eigenvalue weighted by atomic mass is 16.5. The molecule has 1 aliphatic carbocycles. The molecule has 2 rings (SSSR count). The van der Waals surface area contributed by atoms with Gasteiger partial charge in [-0.25, -0.2) is 0 Å². The maximum atomic E-state index is 8.54. The number of ether oxygens (including phenoxy) is 2. The Balaban J connectivity index is 1.62. The van der Waals surface area contributed by atoms with Crippen LogP contribution in [0.3, 0.4) is 0 Å². The standard InChI is InChI=1S/C14H17NO2/c15-8-7-12-3-5-14(6-4-12)17-10-9-16-11-13-1-2-13/h3-6,13H,1-2,7,9-11H2. The van der Waals surface area contributed by atoms with E-state index < -0.39 is 0 Å². The van der Waals surface area contributed by atoms with Crippen LogP contribution in [0.25, 0.3) is 0 Å². The van der Waals surface area contributed by atoms with Crippen molar-refractivity contribution in [1.29, 1.82) is 5.26 Å². The fraction of sp³-hybridized carbons (Fsp3) is 0.500. The van der Waals surface area contributed by atoms with Crippen molar-refractivity contribution in [3.8, 4) is 11.8 Å². The van der Waals surface area contributed by atoms with Gasteiger partial charge in [0.1, 0.15) is 12.4 Å². The molecule has 0 aliphatic heterocycles. The van der Waals surface area contributed by atoms with Crippen molar-refractivity contribution >= 4 is 0 Å². The van der Waals surface area contributed by atoms with Gasteiger partial charge in [-0.1, -0.05) is 12.1 Å². The predicted molar refractivity (Wildman–Crippen MR) is 64.8 cm³/mol. The molecule has 0 radical (unpaired) electrons. The lowest BCUT2D eigenvalue weighted by atomic mass is 10.2. The zero-order valence-corrected chi connectivity index (χ0v) is 9.89. The predicted octanol–water partition coefficient (Wildman–Crippen LogP) is 2.56. The van der Waals surface area contributed by atoms with Crippen molar-refractivity contribution in [2.75, 3.05) is 19.8 Å². The van der Waals surface area contributed by atoms with E-state index in [1.807, 2.05) is 24.3 Å². The Hall–Kier alpha value is -1.53. The van der Waals surface area contributed by atoms with Crippen molar-refractivity contribution in [2.45, 2.75) is 19.3 Å². The van der Waals surface area contributed by atoms with Crippen molar-refractivity contribution in [3.05, 3.63) is 29.8 Å². The molecule has 0 amide bonds. The number of nitrogens with zero attached hydrogens (tertiary/aromatic N) is 1. The third kappa shape index (κ3) is 4.46. The van der Waals surface area contributed by atoms with Crippen LogP contribution in [0.1, 0.15) is 18.4 Å². The molecule has 1 aromatic rings. The molecule has 0 bridgehead atoms. The molecule has 0 unspecified atom stereocenters. The molecule has 0 spiro atoms. The van der Waals surface area contributed by atoms with Gasteiger partial charge < -0.3 is 9.47 Å². The quantitative estimate of drug-likeness (QED) is 0.677. The smallest absolute Gasteiger partial charge is 0.119 e. The van der Waals surface area contributed by atoms with Gasteiger partial charge in [0.2, 0.25) is 0 Å². The highest BCUT2D eigenvalue weighted by Gasteiger charge is 2.20. The van der Waals surface area contributed by atoms with Crippen LogP contribution in [0.5, 0.6) is 5.75 Å². The largest absolute Gasteiger partial charge is 0.491 e. The van der Waals surface area contributed by atoms with Gasteiger partial charge >= 0.3 is 0 Å². The topological polar surface area (TPSA) is 42.2 Å². The first-order valence-electron chi connectivity index (χ1n) is 6.05. The average molecular weight is 231 g/mol. The third-order valence-electron chi connectivity index (χ3n) is 2.75. The van der Waals surface area contributed by atoms with Gasteiger partial charge in [0.05, 0.1) is 19.1 Å². The summed E-state index contributed by atoms with van der Waals surface area (Å²) in [6.07, 6.45) is 3.09. The van der Waals surface area contributed by atoms with E-state index >= 15 is 0 Å². The number of hydrogen-bond acceptors (Lipinski definition) is 3. The minimum absolute atomic E-state index is 0.449. The van der Waals surface area contributed by atoms with Crippen molar-refractivity contribution in [1.82, 2.24) is 0 Å². The lowest BCUT2D eigenvalue weighted by Crippen LogP contribution is -2.08. The molecule has 0 aromatic heterocycles. The first kappa shape index (κ1) is 11.9. The lowest BCUT2D eigenvalue weighted by Gasteiger charge is -2.07. The summed E-state index contributed by atoms with van der Waals surface area (Å²) in [5.74, 6) is 1.64. The number of nitriles is 1. The van der Waals surface area contributed by atoms with E-state index in [2.05, 4.69) is 6.07 Å². The highest BCUT2D eigenvalue weighted by molar-refractivity contribution is 5.28.